The van der Waals surface area contributed by atoms with Crippen LogP contribution in [-0.2, 0) is 11.3 Å². The van der Waals surface area contributed by atoms with E-state index in [4.69, 9.17) is 0 Å². The number of hydrogen-bond donors (Lipinski definition) is 2. The summed E-state index contributed by atoms with van der Waals surface area (Å²) in [7, 11) is 0. The minimum Gasteiger partial charge on any atom is -0.379 e. The summed E-state index contributed by atoms with van der Waals surface area (Å²) in [5.74, 6) is 1.12. The van der Waals surface area contributed by atoms with Gasteiger partial charge in [-0.15, -0.1) is 0 Å². The second-order valence-corrected chi connectivity index (χ2v) is 6.50. The van der Waals surface area contributed by atoms with Crippen LogP contribution in [-0.4, -0.2) is 28.1 Å². The predicted molar refractivity (Wildman–Crippen MR) is 79.4 cm³/mol. The van der Waals surface area contributed by atoms with Gasteiger partial charge in [0.05, 0.1) is 0 Å². The Bertz CT molecular complexity index is 470. The van der Waals surface area contributed by atoms with Crippen molar-refractivity contribution in [3.63, 3.8) is 0 Å². The normalized spacial score (nSPS) is 22.5. The Morgan fingerprint density at radius 3 is 2.53 bits per heavy atom. The van der Waals surface area contributed by atoms with Gasteiger partial charge in [-0.25, -0.2) is 0 Å². The smallest absolute Gasteiger partial charge is 0.253 e. The number of nitrogens with one attached hydrogen (secondary N) is 1. The van der Waals surface area contributed by atoms with E-state index >= 15 is 0 Å². The highest BCUT2D eigenvalue weighted by Crippen LogP contribution is 2.28. The summed E-state index contributed by atoms with van der Waals surface area (Å²) in [5, 5.41) is 13.1. The van der Waals surface area contributed by atoms with Gasteiger partial charge < -0.3 is 10.4 Å². The molecule has 4 heteroatoms. The van der Waals surface area contributed by atoms with E-state index in [-0.39, 0.29) is 5.91 Å². The summed E-state index contributed by atoms with van der Waals surface area (Å²) in [6.07, 6.45) is 0.551. The van der Waals surface area contributed by atoms with Gasteiger partial charge in [-0.05, 0) is 49.6 Å². The molecule has 1 saturated heterocycles. The van der Waals surface area contributed by atoms with Crippen molar-refractivity contribution >= 4 is 17.7 Å². The molecule has 2 N–H and O–H groups in total. The summed E-state index contributed by atoms with van der Waals surface area (Å²) in [5.41, 5.74) is 3.58. The number of carbonyl (C=O) groups is 1. The zero-order valence-electron chi connectivity index (χ0n) is 11.7. The molecule has 1 aliphatic heterocycles. The van der Waals surface area contributed by atoms with Gasteiger partial charge in [0, 0.05) is 12.3 Å². The van der Waals surface area contributed by atoms with Crippen molar-refractivity contribution in [2.45, 2.75) is 39.3 Å². The summed E-state index contributed by atoms with van der Waals surface area (Å²) in [6, 6.07) is 4.24. The first-order valence-corrected chi connectivity index (χ1v) is 7.73. The summed E-state index contributed by atoms with van der Waals surface area (Å²) in [6.45, 7) is 6.67. The molecule has 1 aromatic carbocycles. The number of rotatable bonds is 3. The van der Waals surface area contributed by atoms with E-state index in [1.54, 1.807) is 11.8 Å². The van der Waals surface area contributed by atoms with Crippen LogP contribution >= 0.6 is 11.8 Å². The van der Waals surface area contributed by atoms with Gasteiger partial charge in [-0.3, -0.25) is 4.79 Å². The molecule has 1 aromatic rings. The van der Waals surface area contributed by atoms with Crippen molar-refractivity contribution in [2.75, 3.05) is 11.5 Å². The molecule has 1 aliphatic rings. The van der Waals surface area contributed by atoms with Crippen molar-refractivity contribution in [2.24, 2.45) is 0 Å². The largest absolute Gasteiger partial charge is 0.379 e. The van der Waals surface area contributed by atoms with Crippen molar-refractivity contribution in [3.05, 3.63) is 34.4 Å². The second kappa shape index (κ2) is 5.55. The fourth-order valence-electron chi connectivity index (χ4n) is 2.56. The predicted octanol–water partition coefficient (Wildman–Crippen LogP) is 2.10. The SMILES string of the molecule is Cc1cc(C)c(CNC(=O)C2(O)CCSC2)c(C)c1. The first kappa shape index (κ1) is 14.4. The van der Waals surface area contributed by atoms with Crippen molar-refractivity contribution in [1.82, 2.24) is 5.32 Å². The molecule has 1 fully saturated rings. The molecule has 0 bridgehead atoms. The molecule has 1 amide bonds. The van der Waals surface area contributed by atoms with Crippen molar-refractivity contribution < 1.29 is 9.90 Å². The van der Waals surface area contributed by atoms with Crippen LogP contribution in [0.4, 0.5) is 0 Å². The van der Waals surface area contributed by atoms with Crippen LogP contribution in [0.1, 0.15) is 28.7 Å². The van der Waals surface area contributed by atoms with E-state index < -0.39 is 5.60 Å². The molecule has 0 aromatic heterocycles. The molecule has 0 aliphatic carbocycles. The van der Waals surface area contributed by atoms with Crippen LogP contribution in [0.15, 0.2) is 12.1 Å². The van der Waals surface area contributed by atoms with Crippen molar-refractivity contribution in [3.8, 4) is 0 Å². The van der Waals surface area contributed by atoms with E-state index in [0.29, 0.717) is 18.7 Å². The standard InChI is InChI=1S/C15H21NO2S/c1-10-6-11(2)13(12(3)7-10)8-16-14(17)15(18)4-5-19-9-15/h6-7,18H,4-5,8-9H2,1-3H3,(H,16,17). The van der Waals surface area contributed by atoms with E-state index in [0.717, 1.165) is 11.3 Å². The van der Waals surface area contributed by atoms with E-state index in [9.17, 15) is 9.90 Å². The van der Waals surface area contributed by atoms with E-state index in [2.05, 4.69) is 38.2 Å². The Kier molecular flexibility index (Phi) is 4.21. The average Bonchev–Trinajstić information content (AvgIpc) is 2.75. The first-order valence-electron chi connectivity index (χ1n) is 6.57. The van der Waals surface area contributed by atoms with E-state index in [1.807, 2.05) is 0 Å². The monoisotopic (exact) mass is 279 g/mol. The lowest BCUT2D eigenvalue weighted by atomic mass is 9.98. The van der Waals surface area contributed by atoms with Crippen LogP contribution in [0.25, 0.3) is 0 Å². The molecular formula is C15H21NO2S. The van der Waals surface area contributed by atoms with Gasteiger partial charge in [-0.1, -0.05) is 17.7 Å². The van der Waals surface area contributed by atoms with E-state index in [1.165, 1.54) is 16.7 Å². The minimum atomic E-state index is -1.17. The zero-order chi connectivity index (χ0) is 14.0. The molecule has 2 rings (SSSR count). The molecule has 1 heterocycles. The first-order chi connectivity index (χ1) is 8.92. The Balaban J connectivity index is 2.05. The number of thioether (sulfide) groups is 1. The third-order valence-corrected chi connectivity index (χ3v) is 4.86. The maximum atomic E-state index is 12.1. The number of aliphatic hydroxyl groups is 1. The molecule has 19 heavy (non-hydrogen) atoms. The molecule has 0 radical (unpaired) electrons. The molecule has 1 unspecified atom stereocenters. The molecule has 104 valence electrons. The summed E-state index contributed by atoms with van der Waals surface area (Å²) < 4.78 is 0. The minimum absolute atomic E-state index is 0.239. The maximum absolute atomic E-state index is 12.1. The van der Waals surface area contributed by atoms with Gasteiger partial charge in [0.2, 0.25) is 0 Å². The Labute approximate surface area is 118 Å². The highest BCUT2D eigenvalue weighted by molar-refractivity contribution is 7.99. The average molecular weight is 279 g/mol. The van der Waals surface area contributed by atoms with Crippen LogP contribution < -0.4 is 5.32 Å². The Hall–Kier alpha value is -1.00. The Morgan fingerprint density at radius 2 is 2.00 bits per heavy atom. The number of benzene rings is 1. The zero-order valence-corrected chi connectivity index (χ0v) is 12.6. The molecule has 0 saturated carbocycles. The molecule has 1 atom stereocenters. The van der Waals surface area contributed by atoms with Gasteiger partial charge >= 0.3 is 0 Å². The van der Waals surface area contributed by atoms with Gasteiger partial charge in [-0.2, -0.15) is 11.8 Å². The van der Waals surface area contributed by atoms with Gasteiger partial charge in [0.15, 0.2) is 5.60 Å². The quantitative estimate of drug-likeness (QED) is 0.891. The second-order valence-electron chi connectivity index (χ2n) is 5.39. The number of hydrogen-bond acceptors (Lipinski definition) is 3. The Morgan fingerprint density at radius 1 is 1.37 bits per heavy atom. The van der Waals surface area contributed by atoms with Gasteiger partial charge in [0.25, 0.3) is 5.91 Å². The summed E-state index contributed by atoms with van der Waals surface area (Å²) in [4.78, 5) is 12.1. The fourth-order valence-corrected chi connectivity index (χ4v) is 3.79. The topological polar surface area (TPSA) is 49.3 Å². The summed E-state index contributed by atoms with van der Waals surface area (Å²) >= 11 is 1.63. The number of aryl methyl sites for hydroxylation is 3. The number of carbonyl (C=O) groups excluding carboxylic acids is 1. The lowest BCUT2D eigenvalue weighted by Crippen LogP contribution is -2.46. The van der Waals surface area contributed by atoms with Crippen molar-refractivity contribution in [1.29, 1.82) is 0 Å². The van der Waals surface area contributed by atoms with Gasteiger partial charge in [0.1, 0.15) is 0 Å². The molecular weight excluding hydrogens is 258 g/mol. The lowest BCUT2D eigenvalue weighted by molar-refractivity contribution is -0.137. The third-order valence-electron chi connectivity index (χ3n) is 3.69. The molecule has 3 nitrogen and oxygen atoms in total. The fraction of sp³-hybridized carbons (Fsp3) is 0.533. The maximum Gasteiger partial charge on any atom is 0.253 e. The lowest BCUT2D eigenvalue weighted by Gasteiger charge is -2.21. The third kappa shape index (κ3) is 3.12. The van der Waals surface area contributed by atoms with Crippen LogP contribution in [0.3, 0.4) is 0 Å². The highest BCUT2D eigenvalue weighted by atomic mass is 32.2. The van der Waals surface area contributed by atoms with Crippen LogP contribution in [0, 0.1) is 20.8 Å². The number of amides is 1. The highest BCUT2D eigenvalue weighted by Gasteiger charge is 2.39. The molecule has 0 spiro atoms. The van der Waals surface area contributed by atoms with Crippen LogP contribution in [0.5, 0.6) is 0 Å². The van der Waals surface area contributed by atoms with Crippen LogP contribution in [0.2, 0.25) is 0 Å².